The molecule has 2 aromatic rings. The number of hydrogen-bond acceptors (Lipinski definition) is 3. The van der Waals surface area contributed by atoms with E-state index in [1.807, 2.05) is 18.5 Å². The standard InChI is InChI=1S/C14H18N4/c15-7-6-12-14(11-4-3-8-16-10-11)13-5-1-2-9-18(13)17-12/h3-4,8,10H,1-2,5-7,9,15H2. The lowest BCUT2D eigenvalue weighted by molar-refractivity contribution is 0.484. The lowest BCUT2D eigenvalue weighted by Gasteiger charge is -2.14. The average molecular weight is 242 g/mol. The quantitative estimate of drug-likeness (QED) is 0.892. The number of aryl methyl sites for hydroxylation is 1. The van der Waals surface area contributed by atoms with Crippen LogP contribution in [0.2, 0.25) is 0 Å². The van der Waals surface area contributed by atoms with E-state index in [4.69, 9.17) is 10.8 Å². The molecule has 4 nitrogen and oxygen atoms in total. The van der Waals surface area contributed by atoms with Crippen molar-refractivity contribution in [1.82, 2.24) is 14.8 Å². The Kier molecular flexibility index (Phi) is 3.11. The van der Waals surface area contributed by atoms with E-state index in [0.29, 0.717) is 6.54 Å². The van der Waals surface area contributed by atoms with Crippen molar-refractivity contribution in [3.63, 3.8) is 0 Å². The molecule has 3 rings (SSSR count). The molecule has 18 heavy (non-hydrogen) atoms. The summed E-state index contributed by atoms with van der Waals surface area (Å²) in [5.41, 5.74) is 10.6. The fourth-order valence-corrected chi connectivity index (χ4v) is 2.70. The summed E-state index contributed by atoms with van der Waals surface area (Å²) in [7, 11) is 0. The minimum atomic E-state index is 0.643. The second kappa shape index (κ2) is 4.90. The van der Waals surface area contributed by atoms with Crippen molar-refractivity contribution in [2.45, 2.75) is 32.2 Å². The van der Waals surface area contributed by atoms with Gasteiger partial charge in [-0.3, -0.25) is 9.67 Å². The Balaban J connectivity index is 2.13. The fourth-order valence-electron chi connectivity index (χ4n) is 2.70. The first-order valence-electron chi connectivity index (χ1n) is 6.59. The molecule has 0 bridgehead atoms. The molecular formula is C14H18N4. The van der Waals surface area contributed by atoms with Gasteiger partial charge in [-0.1, -0.05) is 6.07 Å². The van der Waals surface area contributed by atoms with Gasteiger partial charge in [-0.2, -0.15) is 5.10 Å². The van der Waals surface area contributed by atoms with Crippen LogP contribution in [0.15, 0.2) is 24.5 Å². The molecule has 0 spiro atoms. The van der Waals surface area contributed by atoms with Gasteiger partial charge in [0.15, 0.2) is 0 Å². The molecular weight excluding hydrogens is 224 g/mol. The van der Waals surface area contributed by atoms with Gasteiger partial charge >= 0.3 is 0 Å². The third-order valence-electron chi connectivity index (χ3n) is 3.50. The fraction of sp³-hybridized carbons (Fsp3) is 0.429. The minimum Gasteiger partial charge on any atom is -0.330 e. The predicted octanol–water partition coefficient (Wildman–Crippen LogP) is 1.78. The summed E-state index contributed by atoms with van der Waals surface area (Å²) in [6.45, 7) is 1.68. The molecule has 94 valence electrons. The van der Waals surface area contributed by atoms with Gasteiger partial charge in [0.05, 0.1) is 5.69 Å². The van der Waals surface area contributed by atoms with Crippen molar-refractivity contribution in [2.75, 3.05) is 6.54 Å². The Morgan fingerprint density at radius 2 is 2.28 bits per heavy atom. The first-order chi connectivity index (χ1) is 8.90. The molecule has 1 aliphatic heterocycles. The highest BCUT2D eigenvalue weighted by molar-refractivity contribution is 5.68. The second-order valence-electron chi connectivity index (χ2n) is 4.73. The Morgan fingerprint density at radius 1 is 1.33 bits per heavy atom. The molecule has 0 aromatic carbocycles. The maximum Gasteiger partial charge on any atom is 0.0719 e. The zero-order valence-corrected chi connectivity index (χ0v) is 10.5. The van der Waals surface area contributed by atoms with Crippen LogP contribution in [0, 0.1) is 0 Å². The summed E-state index contributed by atoms with van der Waals surface area (Å²) in [4.78, 5) is 4.22. The highest BCUT2D eigenvalue weighted by atomic mass is 15.3. The Bertz CT molecular complexity index is 530. The first-order valence-corrected chi connectivity index (χ1v) is 6.59. The first kappa shape index (κ1) is 11.4. The second-order valence-corrected chi connectivity index (χ2v) is 4.73. The maximum absolute atomic E-state index is 5.70. The number of pyridine rings is 1. The van der Waals surface area contributed by atoms with Gasteiger partial charge < -0.3 is 5.73 Å². The van der Waals surface area contributed by atoms with Crippen LogP contribution in [0.3, 0.4) is 0 Å². The van der Waals surface area contributed by atoms with E-state index in [-0.39, 0.29) is 0 Å². The molecule has 0 atom stereocenters. The van der Waals surface area contributed by atoms with E-state index in [1.165, 1.54) is 29.7 Å². The zero-order chi connectivity index (χ0) is 12.4. The number of nitrogens with zero attached hydrogens (tertiary/aromatic N) is 3. The van der Waals surface area contributed by atoms with E-state index in [0.717, 1.165) is 25.1 Å². The molecule has 1 aliphatic rings. The van der Waals surface area contributed by atoms with Crippen molar-refractivity contribution < 1.29 is 0 Å². The van der Waals surface area contributed by atoms with Crippen LogP contribution in [0.5, 0.6) is 0 Å². The lowest BCUT2D eigenvalue weighted by atomic mass is 9.99. The van der Waals surface area contributed by atoms with Gasteiger partial charge in [0.25, 0.3) is 0 Å². The Hall–Kier alpha value is -1.68. The van der Waals surface area contributed by atoms with E-state index >= 15 is 0 Å². The molecule has 4 heteroatoms. The summed E-state index contributed by atoms with van der Waals surface area (Å²) in [6, 6.07) is 4.09. The summed E-state index contributed by atoms with van der Waals surface area (Å²) in [5, 5.41) is 4.73. The van der Waals surface area contributed by atoms with E-state index in [9.17, 15) is 0 Å². The number of rotatable bonds is 3. The van der Waals surface area contributed by atoms with Crippen LogP contribution in [-0.2, 0) is 19.4 Å². The molecule has 3 heterocycles. The van der Waals surface area contributed by atoms with E-state index in [1.54, 1.807) is 0 Å². The van der Waals surface area contributed by atoms with Gasteiger partial charge in [-0.25, -0.2) is 0 Å². The minimum absolute atomic E-state index is 0.643. The van der Waals surface area contributed by atoms with Gasteiger partial charge in [-0.15, -0.1) is 0 Å². The maximum atomic E-state index is 5.70. The van der Waals surface area contributed by atoms with Gasteiger partial charge in [0.2, 0.25) is 0 Å². The van der Waals surface area contributed by atoms with Gasteiger partial charge in [-0.05, 0) is 31.9 Å². The molecule has 0 aliphatic carbocycles. The molecule has 0 radical (unpaired) electrons. The smallest absolute Gasteiger partial charge is 0.0719 e. The van der Waals surface area contributed by atoms with Crippen molar-refractivity contribution in [3.8, 4) is 11.1 Å². The number of aromatic nitrogens is 3. The Labute approximate surface area is 107 Å². The van der Waals surface area contributed by atoms with Gasteiger partial charge in [0.1, 0.15) is 0 Å². The summed E-state index contributed by atoms with van der Waals surface area (Å²) >= 11 is 0. The topological polar surface area (TPSA) is 56.7 Å². The summed E-state index contributed by atoms with van der Waals surface area (Å²) in [6.07, 6.45) is 8.16. The molecule has 0 unspecified atom stereocenters. The Morgan fingerprint density at radius 3 is 3.06 bits per heavy atom. The van der Waals surface area contributed by atoms with Crippen LogP contribution in [0.4, 0.5) is 0 Å². The van der Waals surface area contributed by atoms with Crippen LogP contribution in [0.1, 0.15) is 24.2 Å². The molecule has 0 fully saturated rings. The van der Waals surface area contributed by atoms with E-state index < -0.39 is 0 Å². The average Bonchev–Trinajstić information content (AvgIpc) is 2.78. The van der Waals surface area contributed by atoms with Crippen molar-refractivity contribution >= 4 is 0 Å². The predicted molar refractivity (Wildman–Crippen MR) is 71.2 cm³/mol. The van der Waals surface area contributed by atoms with Crippen LogP contribution >= 0.6 is 0 Å². The summed E-state index contributed by atoms with van der Waals surface area (Å²) in [5.74, 6) is 0. The third-order valence-corrected chi connectivity index (χ3v) is 3.50. The number of hydrogen-bond donors (Lipinski definition) is 1. The number of fused-ring (bicyclic) bond motifs is 1. The van der Waals surface area contributed by atoms with Crippen LogP contribution in [-0.4, -0.2) is 21.3 Å². The van der Waals surface area contributed by atoms with Crippen molar-refractivity contribution in [2.24, 2.45) is 5.73 Å². The highest BCUT2D eigenvalue weighted by Crippen LogP contribution is 2.30. The number of nitrogens with two attached hydrogens (primary N) is 1. The van der Waals surface area contributed by atoms with Crippen LogP contribution in [0.25, 0.3) is 11.1 Å². The molecule has 0 amide bonds. The van der Waals surface area contributed by atoms with Crippen molar-refractivity contribution in [1.29, 1.82) is 0 Å². The molecule has 0 saturated carbocycles. The van der Waals surface area contributed by atoms with Gasteiger partial charge in [0, 0.05) is 42.2 Å². The zero-order valence-electron chi connectivity index (χ0n) is 10.5. The lowest BCUT2D eigenvalue weighted by Crippen LogP contribution is -2.11. The van der Waals surface area contributed by atoms with Crippen LogP contribution < -0.4 is 5.73 Å². The largest absolute Gasteiger partial charge is 0.330 e. The van der Waals surface area contributed by atoms with E-state index in [2.05, 4.69) is 15.7 Å². The highest BCUT2D eigenvalue weighted by Gasteiger charge is 2.20. The molecule has 0 saturated heterocycles. The molecule has 2 aromatic heterocycles. The SMILES string of the molecule is NCCc1nn2c(c1-c1cccnc1)CCCC2. The monoisotopic (exact) mass is 242 g/mol. The summed E-state index contributed by atoms with van der Waals surface area (Å²) < 4.78 is 2.16. The normalized spacial score (nSPS) is 14.5. The van der Waals surface area contributed by atoms with Crippen molar-refractivity contribution in [3.05, 3.63) is 35.9 Å². The third kappa shape index (κ3) is 1.93. The molecule has 2 N–H and O–H groups in total.